The Hall–Kier alpha value is -1.91. The van der Waals surface area contributed by atoms with Gasteiger partial charge in [-0.2, -0.15) is 0 Å². The van der Waals surface area contributed by atoms with E-state index >= 15 is 0 Å². The molecule has 1 saturated heterocycles. The molecule has 0 bridgehead atoms. The van der Waals surface area contributed by atoms with E-state index in [2.05, 4.69) is 51.6 Å². The quantitative estimate of drug-likeness (QED) is 0.887. The van der Waals surface area contributed by atoms with Gasteiger partial charge in [0.25, 0.3) is 0 Å². The molecule has 2 aliphatic rings. The third-order valence-electron chi connectivity index (χ3n) is 4.94. The van der Waals surface area contributed by atoms with E-state index < -0.39 is 0 Å². The van der Waals surface area contributed by atoms with E-state index in [-0.39, 0.29) is 0 Å². The monoisotopic (exact) mass is 323 g/mol. The highest BCUT2D eigenvalue weighted by atomic mass is 16.5. The Morgan fingerprint density at radius 2 is 1.88 bits per heavy atom. The van der Waals surface area contributed by atoms with Crippen molar-refractivity contribution in [1.82, 2.24) is 15.2 Å². The minimum atomic E-state index is 0.410. The Morgan fingerprint density at radius 1 is 1.08 bits per heavy atom. The largest absolute Gasteiger partial charge is 0.493 e. The molecule has 4 nitrogen and oxygen atoms in total. The first kappa shape index (κ1) is 15.6. The fraction of sp³-hybridized carbons (Fsp3) is 0.450. The van der Waals surface area contributed by atoms with Gasteiger partial charge in [-0.05, 0) is 54.2 Å². The van der Waals surface area contributed by atoms with E-state index in [1.54, 1.807) is 0 Å². The highest BCUT2D eigenvalue weighted by molar-refractivity contribution is 5.28. The average molecular weight is 323 g/mol. The van der Waals surface area contributed by atoms with Gasteiger partial charge in [-0.25, -0.2) is 0 Å². The summed E-state index contributed by atoms with van der Waals surface area (Å²) in [5.74, 6) is 1.79. The van der Waals surface area contributed by atoms with Crippen molar-refractivity contribution in [3.8, 4) is 5.75 Å². The summed E-state index contributed by atoms with van der Waals surface area (Å²) in [5, 5.41) is 3.51. The molecule has 2 fully saturated rings. The average Bonchev–Trinajstić information content (AvgIpc) is 3.47. The second-order valence-electron chi connectivity index (χ2n) is 6.87. The topological polar surface area (TPSA) is 37.4 Å². The van der Waals surface area contributed by atoms with Gasteiger partial charge in [-0.3, -0.25) is 9.88 Å². The molecule has 4 heteroatoms. The lowest BCUT2D eigenvalue weighted by atomic mass is 10.0. The fourth-order valence-electron chi connectivity index (χ4n) is 3.27. The Morgan fingerprint density at radius 3 is 2.62 bits per heavy atom. The van der Waals surface area contributed by atoms with Crippen LogP contribution in [0.1, 0.15) is 30.0 Å². The van der Waals surface area contributed by atoms with Crippen LogP contribution in [-0.4, -0.2) is 36.1 Å². The van der Waals surface area contributed by atoms with Crippen molar-refractivity contribution in [2.45, 2.75) is 25.4 Å². The smallest absolute Gasteiger partial charge is 0.119 e. The van der Waals surface area contributed by atoms with Gasteiger partial charge in [0.1, 0.15) is 5.75 Å². The van der Waals surface area contributed by atoms with Crippen molar-refractivity contribution in [2.24, 2.45) is 5.92 Å². The molecule has 1 unspecified atom stereocenters. The van der Waals surface area contributed by atoms with Crippen LogP contribution in [-0.2, 0) is 6.54 Å². The summed E-state index contributed by atoms with van der Waals surface area (Å²) in [5.41, 5.74) is 2.68. The number of hydrogen-bond donors (Lipinski definition) is 1. The van der Waals surface area contributed by atoms with Crippen molar-refractivity contribution in [3.63, 3.8) is 0 Å². The number of ether oxygens (including phenoxy) is 1. The number of benzene rings is 1. The molecule has 2 heterocycles. The van der Waals surface area contributed by atoms with Crippen LogP contribution in [0.5, 0.6) is 5.75 Å². The van der Waals surface area contributed by atoms with Crippen LogP contribution in [0, 0.1) is 5.92 Å². The number of nitrogens with one attached hydrogen (secondary N) is 1. The lowest BCUT2D eigenvalue weighted by Crippen LogP contribution is -2.45. The molecule has 0 spiro atoms. The number of nitrogens with zero attached hydrogens (tertiary/aromatic N) is 2. The first-order chi connectivity index (χ1) is 11.9. The highest BCUT2D eigenvalue weighted by Gasteiger charge is 2.24. The zero-order chi connectivity index (χ0) is 16.2. The van der Waals surface area contributed by atoms with E-state index in [1.807, 2.05) is 12.4 Å². The van der Waals surface area contributed by atoms with Crippen molar-refractivity contribution < 1.29 is 4.74 Å². The predicted octanol–water partition coefficient (Wildman–Crippen LogP) is 3.02. The number of rotatable bonds is 6. The van der Waals surface area contributed by atoms with Crippen molar-refractivity contribution in [3.05, 3.63) is 59.9 Å². The van der Waals surface area contributed by atoms with Crippen LogP contribution in [0.15, 0.2) is 48.8 Å². The maximum absolute atomic E-state index is 5.83. The summed E-state index contributed by atoms with van der Waals surface area (Å²) in [7, 11) is 0. The number of hydrogen-bond acceptors (Lipinski definition) is 4. The maximum Gasteiger partial charge on any atom is 0.119 e. The van der Waals surface area contributed by atoms with Crippen LogP contribution in [0.4, 0.5) is 0 Å². The Kier molecular flexibility index (Phi) is 4.76. The predicted molar refractivity (Wildman–Crippen MR) is 94.9 cm³/mol. The van der Waals surface area contributed by atoms with E-state index in [4.69, 9.17) is 4.74 Å². The molecule has 24 heavy (non-hydrogen) atoms. The lowest BCUT2D eigenvalue weighted by Gasteiger charge is -2.36. The SMILES string of the molecule is c1cc(C2CNCCN2Cc2ccc(OCC3CC3)cc2)ccn1. The molecule has 1 atom stereocenters. The molecule has 1 aromatic heterocycles. The van der Waals surface area contributed by atoms with E-state index in [1.165, 1.54) is 24.0 Å². The summed E-state index contributed by atoms with van der Waals surface area (Å²) >= 11 is 0. The van der Waals surface area contributed by atoms with E-state index in [0.29, 0.717) is 6.04 Å². The van der Waals surface area contributed by atoms with Gasteiger partial charge in [-0.1, -0.05) is 12.1 Å². The molecular formula is C20H25N3O. The van der Waals surface area contributed by atoms with Crippen molar-refractivity contribution in [1.29, 1.82) is 0 Å². The zero-order valence-electron chi connectivity index (χ0n) is 14.0. The molecule has 1 aromatic carbocycles. The first-order valence-electron chi connectivity index (χ1n) is 8.95. The molecule has 0 radical (unpaired) electrons. The van der Waals surface area contributed by atoms with Crippen LogP contribution >= 0.6 is 0 Å². The maximum atomic E-state index is 5.83. The zero-order valence-corrected chi connectivity index (χ0v) is 14.0. The van der Waals surface area contributed by atoms with E-state index in [0.717, 1.165) is 44.5 Å². The normalized spacial score (nSPS) is 21.6. The molecule has 1 aliphatic heterocycles. The second-order valence-corrected chi connectivity index (χ2v) is 6.87. The van der Waals surface area contributed by atoms with Crippen LogP contribution < -0.4 is 10.1 Å². The summed E-state index contributed by atoms with van der Waals surface area (Å²) in [6.45, 7) is 4.95. The van der Waals surface area contributed by atoms with Crippen LogP contribution in [0.2, 0.25) is 0 Å². The highest BCUT2D eigenvalue weighted by Crippen LogP contribution is 2.30. The first-order valence-corrected chi connectivity index (χ1v) is 8.95. The number of piperazine rings is 1. The summed E-state index contributed by atoms with van der Waals surface area (Å²) in [4.78, 5) is 6.69. The number of aromatic nitrogens is 1. The Bertz CT molecular complexity index is 640. The van der Waals surface area contributed by atoms with Gasteiger partial charge in [0, 0.05) is 44.6 Å². The second kappa shape index (κ2) is 7.32. The molecule has 126 valence electrons. The van der Waals surface area contributed by atoms with Gasteiger partial charge in [0.2, 0.25) is 0 Å². The molecule has 1 N–H and O–H groups in total. The molecule has 4 rings (SSSR count). The molecule has 2 aromatic rings. The Labute approximate surface area is 143 Å². The summed E-state index contributed by atoms with van der Waals surface area (Å²) in [6.07, 6.45) is 6.43. The van der Waals surface area contributed by atoms with Crippen LogP contribution in [0.3, 0.4) is 0 Å². The minimum Gasteiger partial charge on any atom is -0.493 e. The molecule has 0 amide bonds. The molecule has 1 aliphatic carbocycles. The van der Waals surface area contributed by atoms with Crippen molar-refractivity contribution >= 4 is 0 Å². The lowest BCUT2D eigenvalue weighted by molar-refractivity contribution is 0.153. The molecule has 1 saturated carbocycles. The molecular weight excluding hydrogens is 298 g/mol. The number of pyridine rings is 1. The third kappa shape index (κ3) is 3.94. The van der Waals surface area contributed by atoms with Gasteiger partial charge in [0.05, 0.1) is 6.61 Å². The van der Waals surface area contributed by atoms with E-state index in [9.17, 15) is 0 Å². The standard InChI is InChI=1S/C20H25N3O/c1-2-17(1)15-24-19-5-3-16(4-6-19)14-23-12-11-22-13-20(23)18-7-9-21-10-8-18/h3-10,17,20,22H,1-2,11-15H2. The Balaban J connectivity index is 1.40. The van der Waals surface area contributed by atoms with Gasteiger partial charge < -0.3 is 10.1 Å². The summed E-state index contributed by atoms with van der Waals surface area (Å²) in [6, 6.07) is 13.3. The fourth-order valence-corrected chi connectivity index (χ4v) is 3.27. The summed E-state index contributed by atoms with van der Waals surface area (Å²) < 4.78 is 5.83. The van der Waals surface area contributed by atoms with Crippen LogP contribution in [0.25, 0.3) is 0 Å². The van der Waals surface area contributed by atoms with Gasteiger partial charge in [0.15, 0.2) is 0 Å². The minimum absolute atomic E-state index is 0.410. The third-order valence-corrected chi connectivity index (χ3v) is 4.94. The van der Waals surface area contributed by atoms with Crippen molar-refractivity contribution in [2.75, 3.05) is 26.2 Å². The van der Waals surface area contributed by atoms with Gasteiger partial charge >= 0.3 is 0 Å². The van der Waals surface area contributed by atoms with Gasteiger partial charge in [-0.15, -0.1) is 0 Å².